The van der Waals surface area contributed by atoms with Crippen LogP contribution in [0.25, 0.3) is 0 Å². The quantitative estimate of drug-likeness (QED) is 0.691. The van der Waals surface area contributed by atoms with Crippen molar-refractivity contribution in [2.45, 2.75) is 0 Å². The van der Waals surface area contributed by atoms with Gasteiger partial charge < -0.3 is 15.4 Å². The molecule has 21 heavy (non-hydrogen) atoms. The minimum atomic E-state index is -0.490. The standard InChI is InChI=1S/C16H15N3O2/c1-19(15-6-4-3-5-11(15)10-17)12-7-8-14(18)13(9-12)16(20)21-2/h3-9H,18H2,1-2H3. The maximum atomic E-state index is 11.7. The van der Waals surface area contributed by atoms with Crippen LogP contribution in [0.3, 0.4) is 0 Å². The number of nitrogen functional groups attached to an aromatic ring is 1. The largest absolute Gasteiger partial charge is 0.465 e. The van der Waals surface area contributed by atoms with Crippen LogP contribution < -0.4 is 10.6 Å². The molecule has 0 aromatic heterocycles. The maximum Gasteiger partial charge on any atom is 0.340 e. The number of benzene rings is 2. The summed E-state index contributed by atoms with van der Waals surface area (Å²) < 4.78 is 4.71. The van der Waals surface area contributed by atoms with Gasteiger partial charge in [0.15, 0.2) is 0 Å². The van der Waals surface area contributed by atoms with Crippen LogP contribution in [0.1, 0.15) is 15.9 Å². The first kappa shape index (κ1) is 14.4. The Morgan fingerprint density at radius 3 is 2.67 bits per heavy atom. The minimum absolute atomic E-state index is 0.302. The molecule has 0 amide bonds. The van der Waals surface area contributed by atoms with Gasteiger partial charge in [-0.3, -0.25) is 0 Å². The van der Waals surface area contributed by atoms with E-state index in [1.165, 1.54) is 7.11 Å². The number of para-hydroxylation sites is 1. The first-order valence-electron chi connectivity index (χ1n) is 6.29. The zero-order valence-electron chi connectivity index (χ0n) is 11.8. The Kier molecular flexibility index (Phi) is 4.10. The number of carbonyl (C=O) groups is 1. The lowest BCUT2D eigenvalue weighted by Gasteiger charge is -2.21. The van der Waals surface area contributed by atoms with Crippen LogP contribution in [0, 0.1) is 11.3 Å². The van der Waals surface area contributed by atoms with Crippen molar-refractivity contribution in [1.29, 1.82) is 5.26 Å². The summed E-state index contributed by atoms with van der Waals surface area (Å²) in [5, 5.41) is 9.17. The highest BCUT2D eigenvalue weighted by Crippen LogP contribution is 2.29. The van der Waals surface area contributed by atoms with Crippen molar-refractivity contribution in [3.63, 3.8) is 0 Å². The second kappa shape index (κ2) is 5.97. The van der Waals surface area contributed by atoms with Crippen molar-refractivity contribution in [2.24, 2.45) is 0 Å². The van der Waals surface area contributed by atoms with Gasteiger partial charge in [-0.15, -0.1) is 0 Å². The third-order valence-corrected chi connectivity index (χ3v) is 3.22. The summed E-state index contributed by atoms with van der Waals surface area (Å²) in [6, 6.07) is 14.5. The molecule has 106 valence electrons. The predicted molar refractivity (Wildman–Crippen MR) is 81.4 cm³/mol. The highest BCUT2D eigenvalue weighted by molar-refractivity contribution is 5.96. The van der Waals surface area contributed by atoms with E-state index in [9.17, 15) is 4.79 Å². The van der Waals surface area contributed by atoms with Gasteiger partial charge in [0.2, 0.25) is 0 Å². The van der Waals surface area contributed by atoms with E-state index >= 15 is 0 Å². The lowest BCUT2D eigenvalue weighted by Crippen LogP contribution is -2.13. The number of nitriles is 1. The number of hydrogen-bond donors (Lipinski definition) is 1. The van der Waals surface area contributed by atoms with E-state index in [0.29, 0.717) is 16.8 Å². The Hall–Kier alpha value is -3.00. The van der Waals surface area contributed by atoms with Gasteiger partial charge in [-0.05, 0) is 30.3 Å². The molecule has 0 spiro atoms. The fourth-order valence-electron chi connectivity index (χ4n) is 2.04. The first-order valence-corrected chi connectivity index (χ1v) is 6.29. The van der Waals surface area contributed by atoms with Gasteiger partial charge in [0, 0.05) is 18.4 Å². The summed E-state index contributed by atoms with van der Waals surface area (Å²) >= 11 is 0. The second-order valence-corrected chi connectivity index (χ2v) is 4.45. The van der Waals surface area contributed by atoms with Crippen molar-refractivity contribution >= 4 is 23.0 Å². The SMILES string of the molecule is COC(=O)c1cc(N(C)c2ccccc2C#N)ccc1N. The van der Waals surface area contributed by atoms with Crippen molar-refractivity contribution in [1.82, 2.24) is 0 Å². The molecule has 0 saturated heterocycles. The van der Waals surface area contributed by atoms with E-state index in [2.05, 4.69) is 6.07 Å². The predicted octanol–water partition coefficient (Wildman–Crippen LogP) is 2.69. The minimum Gasteiger partial charge on any atom is -0.465 e. The number of rotatable bonds is 3. The van der Waals surface area contributed by atoms with Crippen molar-refractivity contribution < 1.29 is 9.53 Å². The molecular formula is C16H15N3O2. The molecule has 2 aromatic carbocycles. The van der Waals surface area contributed by atoms with Crippen LogP contribution in [-0.2, 0) is 4.74 Å². The monoisotopic (exact) mass is 281 g/mol. The Morgan fingerprint density at radius 1 is 1.29 bits per heavy atom. The van der Waals surface area contributed by atoms with E-state index in [0.717, 1.165) is 11.4 Å². The maximum absolute atomic E-state index is 11.7. The van der Waals surface area contributed by atoms with Gasteiger partial charge in [-0.2, -0.15) is 5.26 Å². The molecule has 0 heterocycles. The number of nitrogens with two attached hydrogens (primary N) is 1. The number of ether oxygens (including phenoxy) is 1. The molecule has 0 radical (unpaired) electrons. The van der Waals surface area contributed by atoms with Gasteiger partial charge >= 0.3 is 5.97 Å². The summed E-state index contributed by atoms with van der Waals surface area (Å²) in [6.45, 7) is 0. The van der Waals surface area contributed by atoms with Gasteiger partial charge in [-0.25, -0.2) is 4.79 Å². The average molecular weight is 281 g/mol. The van der Waals surface area contributed by atoms with Crippen LogP contribution in [0.5, 0.6) is 0 Å². The van der Waals surface area contributed by atoms with Crippen LogP contribution >= 0.6 is 0 Å². The molecule has 0 atom stereocenters. The number of anilines is 3. The summed E-state index contributed by atoms with van der Waals surface area (Å²) in [6.07, 6.45) is 0. The van der Waals surface area contributed by atoms with Gasteiger partial charge in [0.25, 0.3) is 0 Å². The van der Waals surface area contributed by atoms with E-state index < -0.39 is 5.97 Å². The third-order valence-electron chi connectivity index (χ3n) is 3.22. The lowest BCUT2D eigenvalue weighted by atomic mass is 10.1. The number of carbonyl (C=O) groups excluding carboxylic acids is 1. The number of methoxy groups -OCH3 is 1. The number of hydrogen-bond acceptors (Lipinski definition) is 5. The lowest BCUT2D eigenvalue weighted by molar-refractivity contribution is 0.0602. The van der Waals surface area contributed by atoms with E-state index in [-0.39, 0.29) is 0 Å². The highest BCUT2D eigenvalue weighted by atomic mass is 16.5. The molecule has 5 nitrogen and oxygen atoms in total. The fraction of sp³-hybridized carbons (Fsp3) is 0.125. The van der Waals surface area contributed by atoms with Crippen molar-refractivity contribution in [2.75, 3.05) is 24.8 Å². The molecule has 0 aliphatic rings. The van der Waals surface area contributed by atoms with Gasteiger partial charge in [-0.1, -0.05) is 12.1 Å². The molecule has 0 aliphatic heterocycles. The normalized spacial score (nSPS) is 9.76. The van der Waals surface area contributed by atoms with Crippen molar-refractivity contribution in [3.05, 3.63) is 53.6 Å². The molecule has 0 bridgehead atoms. The van der Waals surface area contributed by atoms with Crippen LogP contribution in [-0.4, -0.2) is 20.1 Å². The number of esters is 1. The molecule has 0 unspecified atom stereocenters. The average Bonchev–Trinajstić information content (AvgIpc) is 2.53. The second-order valence-electron chi connectivity index (χ2n) is 4.45. The smallest absolute Gasteiger partial charge is 0.340 e. The van der Waals surface area contributed by atoms with E-state index in [1.54, 1.807) is 30.3 Å². The Bertz CT molecular complexity index is 720. The summed E-state index contributed by atoms with van der Waals surface area (Å²) in [4.78, 5) is 13.5. The van der Waals surface area contributed by atoms with Crippen LogP contribution in [0.2, 0.25) is 0 Å². The summed E-state index contributed by atoms with van der Waals surface area (Å²) in [5.41, 5.74) is 8.49. The molecule has 2 rings (SSSR count). The highest BCUT2D eigenvalue weighted by Gasteiger charge is 2.14. The Labute approximate surface area is 123 Å². The third kappa shape index (κ3) is 2.79. The molecule has 2 aromatic rings. The molecule has 5 heteroatoms. The van der Waals surface area contributed by atoms with E-state index in [1.807, 2.05) is 24.1 Å². The number of nitrogens with zero attached hydrogens (tertiary/aromatic N) is 2. The topological polar surface area (TPSA) is 79.3 Å². The first-order chi connectivity index (χ1) is 10.1. The zero-order chi connectivity index (χ0) is 15.4. The van der Waals surface area contributed by atoms with Crippen LogP contribution in [0.15, 0.2) is 42.5 Å². The Balaban J connectivity index is 2.47. The molecular weight excluding hydrogens is 266 g/mol. The van der Waals surface area contributed by atoms with Crippen molar-refractivity contribution in [3.8, 4) is 6.07 Å². The molecule has 2 N–H and O–H groups in total. The summed E-state index contributed by atoms with van der Waals surface area (Å²) in [5.74, 6) is -0.490. The Morgan fingerprint density at radius 2 is 2.00 bits per heavy atom. The fourth-order valence-corrected chi connectivity index (χ4v) is 2.04. The zero-order valence-corrected chi connectivity index (χ0v) is 11.8. The van der Waals surface area contributed by atoms with Crippen LogP contribution in [0.4, 0.5) is 17.1 Å². The summed E-state index contributed by atoms with van der Waals surface area (Å²) in [7, 11) is 3.13. The molecule has 0 aliphatic carbocycles. The molecule has 0 saturated carbocycles. The van der Waals surface area contributed by atoms with Gasteiger partial charge in [0.05, 0.1) is 23.9 Å². The molecule has 0 fully saturated rings. The van der Waals surface area contributed by atoms with E-state index in [4.69, 9.17) is 15.7 Å². The van der Waals surface area contributed by atoms with Gasteiger partial charge in [0.1, 0.15) is 6.07 Å².